The smallest absolute Gasteiger partial charge is 0.256 e. The highest BCUT2D eigenvalue weighted by Crippen LogP contribution is 2.48. The Morgan fingerprint density at radius 2 is 1.62 bits per heavy atom. The number of hydrogen-bond donors (Lipinski definition) is 3. The van der Waals surface area contributed by atoms with Gasteiger partial charge < -0.3 is 20.9 Å². The monoisotopic (exact) mass is 526 g/mol. The maximum Gasteiger partial charge on any atom is 0.256 e. The molecule has 0 atom stereocenters. The number of carbonyl (C=O) groups is 2. The summed E-state index contributed by atoms with van der Waals surface area (Å²) in [6.07, 6.45) is 14.4. The van der Waals surface area contributed by atoms with E-state index in [4.69, 9.17) is 0 Å². The first-order valence-electron chi connectivity index (χ1n) is 13.6. The first kappa shape index (κ1) is 30.7. The number of hydrogen-bond acceptors (Lipinski definition) is 5. The van der Waals surface area contributed by atoms with Crippen LogP contribution in [0.3, 0.4) is 0 Å². The second kappa shape index (κ2) is 15.7. The van der Waals surface area contributed by atoms with Crippen molar-refractivity contribution >= 4 is 29.3 Å². The predicted octanol–water partition coefficient (Wildman–Crippen LogP) is 5.31. The molecule has 0 bridgehead atoms. The van der Waals surface area contributed by atoms with Gasteiger partial charge in [0.1, 0.15) is 5.57 Å². The summed E-state index contributed by atoms with van der Waals surface area (Å²) < 4.78 is 0. The highest BCUT2D eigenvalue weighted by Gasteiger charge is 2.39. The van der Waals surface area contributed by atoms with Gasteiger partial charge in [-0.2, -0.15) is 0 Å². The topological polar surface area (TPSA) is 73.5 Å². The summed E-state index contributed by atoms with van der Waals surface area (Å²) in [4.78, 5) is 29.2. The van der Waals surface area contributed by atoms with Gasteiger partial charge in [0.05, 0.1) is 0 Å². The van der Waals surface area contributed by atoms with E-state index in [1.165, 1.54) is 21.8 Å². The van der Waals surface area contributed by atoms with E-state index < -0.39 is 0 Å². The lowest BCUT2D eigenvalue weighted by atomic mass is 9.83. The van der Waals surface area contributed by atoms with Gasteiger partial charge in [-0.15, -0.1) is 11.8 Å². The number of fused-ring (bicyclic) bond motifs is 1. The molecular weight excluding hydrogens is 480 g/mol. The number of thioether (sulfide) groups is 1. The Labute approximate surface area is 228 Å². The Balaban J connectivity index is 2.34. The van der Waals surface area contributed by atoms with E-state index in [0.29, 0.717) is 13.1 Å². The molecule has 1 aliphatic rings. The highest BCUT2D eigenvalue weighted by molar-refractivity contribution is 7.98. The van der Waals surface area contributed by atoms with Crippen molar-refractivity contribution < 1.29 is 9.59 Å². The predicted molar refractivity (Wildman–Crippen MR) is 158 cm³/mol. The lowest BCUT2D eigenvalue weighted by molar-refractivity contribution is -0.123. The molecule has 0 aliphatic carbocycles. The van der Waals surface area contributed by atoms with Crippen LogP contribution in [0.25, 0.3) is 0 Å². The summed E-state index contributed by atoms with van der Waals surface area (Å²) in [7, 11) is 1.98. The minimum absolute atomic E-state index is 0.145. The number of unbranched alkanes of at least 4 members (excludes halogenated alkanes) is 2. The standard InChI is InChI=1S/C30H46N4O2S/c1-7-9-19-32-28(35)24(29(36)33-20-10-8-2)14-11-12-15-27-30(3,4)25-22-23(37-6)16-17-26(25)34(27)21-13-18-31-5/h11-12,14-17,22,31H,7-10,13,18-21H2,1-6H3,(H,32,35)(H,33,36)/b12-11+,27-15+. The third-order valence-corrected chi connectivity index (χ3v) is 7.38. The van der Waals surface area contributed by atoms with Crippen molar-refractivity contribution in [2.24, 2.45) is 0 Å². The van der Waals surface area contributed by atoms with Crippen molar-refractivity contribution in [3.05, 3.63) is 59.3 Å². The van der Waals surface area contributed by atoms with Crippen LogP contribution in [0.5, 0.6) is 0 Å². The average Bonchev–Trinajstić information content (AvgIpc) is 3.09. The third kappa shape index (κ3) is 8.50. The van der Waals surface area contributed by atoms with Gasteiger partial charge in [-0.05, 0) is 75.0 Å². The van der Waals surface area contributed by atoms with Crippen molar-refractivity contribution in [2.75, 3.05) is 44.4 Å². The van der Waals surface area contributed by atoms with Crippen LogP contribution in [-0.2, 0) is 15.0 Å². The Morgan fingerprint density at radius 3 is 2.19 bits per heavy atom. The quantitative estimate of drug-likeness (QED) is 0.0721. The molecule has 3 N–H and O–H groups in total. The lowest BCUT2D eigenvalue weighted by Crippen LogP contribution is -2.35. The molecule has 1 aliphatic heterocycles. The van der Waals surface area contributed by atoms with Crippen LogP contribution in [0, 0.1) is 0 Å². The van der Waals surface area contributed by atoms with Crippen molar-refractivity contribution in [2.45, 2.75) is 70.1 Å². The van der Waals surface area contributed by atoms with Crippen molar-refractivity contribution in [3.8, 4) is 0 Å². The van der Waals surface area contributed by atoms with Crippen molar-refractivity contribution in [3.63, 3.8) is 0 Å². The van der Waals surface area contributed by atoms with Crippen LogP contribution >= 0.6 is 11.8 Å². The Hall–Kier alpha value is -2.51. The minimum atomic E-state index is -0.327. The number of benzene rings is 1. The van der Waals surface area contributed by atoms with E-state index in [1.54, 1.807) is 23.9 Å². The molecule has 0 aromatic heterocycles. The lowest BCUT2D eigenvalue weighted by Gasteiger charge is -2.27. The molecule has 1 aromatic carbocycles. The fraction of sp³-hybridized carbons (Fsp3) is 0.533. The number of allylic oxidation sites excluding steroid dienone is 5. The van der Waals surface area contributed by atoms with E-state index in [0.717, 1.165) is 45.2 Å². The summed E-state index contributed by atoms with van der Waals surface area (Å²) in [5.41, 5.74) is 3.77. The maximum absolute atomic E-state index is 12.7. The van der Waals surface area contributed by atoms with E-state index in [9.17, 15) is 9.59 Å². The molecule has 0 saturated heterocycles. The number of rotatable bonds is 15. The van der Waals surface area contributed by atoms with Gasteiger partial charge in [0.2, 0.25) is 0 Å². The molecule has 0 radical (unpaired) electrons. The van der Waals surface area contributed by atoms with Gasteiger partial charge in [0, 0.05) is 41.3 Å². The van der Waals surface area contributed by atoms with E-state index in [-0.39, 0.29) is 22.8 Å². The van der Waals surface area contributed by atoms with Gasteiger partial charge in [-0.25, -0.2) is 0 Å². The normalized spacial score (nSPS) is 15.2. The SMILES string of the molecule is CCCCNC(=O)C(=C/C=C/C=C1/N(CCCNC)c2ccc(SC)cc2C1(C)C)C(=O)NCCCC. The number of carbonyl (C=O) groups excluding carboxylic acids is 2. The third-order valence-electron chi connectivity index (χ3n) is 6.66. The Kier molecular flexibility index (Phi) is 13.0. The molecular formula is C30H46N4O2S. The largest absolute Gasteiger partial charge is 0.352 e. The molecule has 2 rings (SSSR count). The maximum atomic E-state index is 12.7. The Bertz CT molecular complexity index is 973. The first-order valence-corrected chi connectivity index (χ1v) is 14.8. The highest BCUT2D eigenvalue weighted by atomic mass is 32.2. The molecule has 2 amide bonds. The van der Waals surface area contributed by atoms with Gasteiger partial charge in [-0.1, -0.05) is 52.7 Å². The van der Waals surface area contributed by atoms with E-state index in [2.05, 4.69) is 79.1 Å². The van der Waals surface area contributed by atoms with E-state index in [1.807, 2.05) is 13.1 Å². The van der Waals surface area contributed by atoms with Crippen LogP contribution in [0.15, 0.2) is 58.7 Å². The van der Waals surface area contributed by atoms with Crippen LogP contribution in [0.4, 0.5) is 5.69 Å². The fourth-order valence-corrected chi connectivity index (χ4v) is 4.88. The number of amides is 2. The van der Waals surface area contributed by atoms with Crippen LogP contribution < -0.4 is 20.9 Å². The molecule has 37 heavy (non-hydrogen) atoms. The summed E-state index contributed by atoms with van der Waals surface area (Å²) >= 11 is 1.76. The van der Waals surface area contributed by atoms with Crippen LogP contribution in [-0.4, -0.2) is 51.3 Å². The van der Waals surface area contributed by atoms with Crippen molar-refractivity contribution in [1.82, 2.24) is 16.0 Å². The first-order chi connectivity index (χ1) is 17.8. The molecule has 204 valence electrons. The summed E-state index contributed by atoms with van der Waals surface area (Å²) in [5.74, 6) is -0.654. The molecule has 1 aromatic rings. The minimum Gasteiger partial charge on any atom is -0.352 e. The zero-order chi connectivity index (χ0) is 27.3. The molecule has 0 unspecified atom stereocenters. The molecule has 0 saturated carbocycles. The Morgan fingerprint density at radius 1 is 0.973 bits per heavy atom. The zero-order valence-corrected chi connectivity index (χ0v) is 24.4. The fourth-order valence-electron chi connectivity index (χ4n) is 4.44. The van der Waals surface area contributed by atoms with Gasteiger partial charge in [-0.3, -0.25) is 9.59 Å². The molecule has 0 fully saturated rings. The average molecular weight is 527 g/mol. The number of nitrogens with zero attached hydrogens (tertiary/aromatic N) is 1. The van der Waals surface area contributed by atoms with Gasteiger partial charge in [0.15, 0.2) is 0 Å². The van der Waals surface area contributed by atoms with Crippen LogP contribution in [0.1, 0.15) is 65.4 Å². The number of anilines is 1. The van der Waals surface area contributed by atoms with Gasteiger partial charge in [0.25, 0.3) is 11.8 Å². The second-order valence-electron chi connectivity index (χ2n) is 9.85. The van der Waals surface area contributed by atoms with E-state index >= 15 is 0 Å². The van der Waals surface area contributed by atoms with Crippen LogP contribution in [0.2, 0.25) is 0 Å². The van der Waals surface area contributed by atoms with Crippen molar-refractivity contribution in [1.29, 1.82) is 0 Å². The molecule has 0 spiro atoms. The van der Waals surface area contributed by atoms with Gasteiger partial charge >= 0.3 is 0 Å². The summed E-state index contributed by atoms with van der Waals surface area (Å²) in [6, 6.07) is 6.72. The summed E-state index contributed by atoms with van der Waals surface area (Å²) in [6.45, 7) is 11.7. The molecule has 1 heterocycles. The zero-order valence-electron chi connectivity index (χ0n) is 23.6. The molecule has 7 heteroatoms. The summed E-state index contributed by atoms with van der Waals surface area (Å²) in [5, 5.41) is 8.99. The second-order valence-corrected chi connectivity index (χ2v) is 10.7. The number of nitrogens with one attached hydrogen (secondary N) is 3. The molecule has 6 nitrogen and oxygen atoms in total.